The molecule has 0 unspecified atom stereocenters. The van der Waals surface area contributed by atoms with Crippen molar-refractivity contribution in [3.05, 3.63) is 61.2 Å². The standard InChI is InChI=1S/C20H13F3N8/c21-20(22,23)31(15-7-8-27-30-15)14-6-2-5-13-16(14)18(29-19(24)28-13)12-4-1-3-11-9-25-10-26-17(11)12/h1-10H,(H,27,30)(H2,24,28,29). The molecule has 0 aliphatic rings. The van der Waals surface area contributed by atoms with Crippen molar-refractivity contribution in [1.82, 2.24) is 30.1 Å². The van der Waals surface area contributed by atoms with Gasteiger partial charge in [0, 0.05) is 23.2 Å². The van der Waals surface area contributed by atoms with E-state index in [-0.39, 0.29) is 39.0 Å². The summed E-state index contributed by atoms with van der Waals surface area (Å²) in [5, 5.41) is 6.93. The quantitative estimate of drug-likeness (QED) is 0.419. The molecule has 3 N–H and O–H groups in total. The van der Waals surface area contributed by atoms with Crippen molar-refractivity contribution in [2.24, 2.45) is 0 Å². The van der Waals surface area contributed by atoms with E-state index in [4.69, 9.17) is 5.73 Å². The summed E-state index contributed by atoms with van der Waals surface area (Å²) in [5.41, 5.74) is 7.28. The second-order valence-electron chi connectivity index (χ2n) is 6.61. The third-order valence-electron chi connectivity index (χ3n) is 4.73. The molecule has 3 aromatic heterocycles. The number of hydrogen-bond donors (Lipinski definition) is 2. The fraction of sp³-hybridized carbons (Fsp3) is 0.0500. The van der Waals surface area contributed by atoms with Crippen molar-refractivity contribution in [2.45, 2.75) is 6.30 Å². The van der Waals surface area contributed by atoms with Crippen LogP contribution in [0.25, 0.3) is 33.1 Å². The third-order valence-corrected chi connectivity index (χ3v) is 4.73. The number of alkyl halides is 3. The number of nitrogens with zero attached hydrogens (tertiary/aromatic N) is 6. The Kier molecular flexibility index (Phi) is 4.17. The van der Waals surface area contributed by atoms with E-state index in [0.717, 1.165) is 0 Å². The number of anilines is 3. The summed E-state index contributed by atoms with van der Waals surface area (Å²) < 4.78 is 42.5. The van der Waals surface area contributed by atoms with Crippen molar-refractivity contribution >= 4 is 39.3 Å². The van der Waals surface area contributed by atoms with Gasteiger partial charge in [0.25, 0.3) is 0 Å². The molecule has 3 heterocycles. The zero-order valence-electron chi connectivity index (χ0n) is 15.7. The lowest BCUT2D eigenvalue weighted by Crippen LogP contribution is -2.34. The highest BCUT2D eigenvalue weighted by atomic mass is 19.4. The van der Waals surface area contributed by atoms with Gasteiger partial charge in [-0.3, -0.25) is 5.10 Å². The van der Waals surface area contributed by atoms with Gasteiger partial charge in [-0.25, -0.2) is 24.8 Å². The predicted molar refractivity (Wildman–Crippen MR) is 109 cm³/mol. The molecule has 0 spiro atoms. The van der Waals surface area contributed by atoms with E-state index in [1.807, 2.05) is 0 Å². The Morgan fingerprint density at radius 1 is 1.00 bits per heavy atom. The zero-order valence-corrected chi connectivity index (χ0v) is 15.7. The summed E-state index contributed by atoms with van der Waals surface area (Å²) in [6, 6.07) is 10.9. The van der Waals surface area contributed by atoms with Crippen molar-refractivity contribution < 1.29 is 13.2 Å². The monoisotopic (exact) mass is 422 g/mol. The molecule has 0 fully saturated rings. The molecule has 5 rings (SSSR count). The highest BCUT2D eigenvalue weighted by Gasteiger charge is 2.41. The number of nitrogens with two attached hydrogens (primary N) is 1. The van der Waals surface area contributed by atoms with E-state index in [1.54, 1.807) is 30.5 Å². The smallest absolute Gasteiger partial charge is 0.368 e. The number of nitrogen functional groups attached to an aromatic ring is 1. The van der Waals surface area contributed by atoms with Crippen LogP contribution in [0.15, 0.2) is 61.2 Å². The molecule has 0 saturated heterocycles. The Morgan fingerprint density at radius 3 is 2.61 bits per heavy atom. The number of aromatic nitrogens is 6. The molecule has 5 aromatic rings. The van der Waals surface area contributed by atoms with Crippen LogP contribution < -0.4 is 10.6 Å². The molecular formula is C20H13F3N8. The van der Waals surface area contributed by atoms with Crippen molar-refractivity contribution in [3.63, 3.8) is 0 Å². The lowest BCUT2D eigenvalue weighted by molar-refractivity contribution is -0.121. The maximum Gasteiger partial charge on any atom is 0.490 e. The van der Waals surface area contributed by atoms with Crippen LogP contribution in [0.5, 0.6) is 0 Å². The molecule has 0 aliphatic carbocycles. The molecule has 0 amide bonds. The van der Waals surface area contributed by atoms with Crippen LogP contribution in [-0.4, -0.2) is 36.4 Å². The molecule has 0 saturated carbocycles. The Balaban J connectivity index is 1.89. The fourth-order valence-electron chi connectivity index (χ4n) is 3.55. The van der Waals surface area contributed by atoms with Gasteiger partial charge in [-0.1, -0.05) is 24.3 Å². The average molecular weight is 422 g/mol. The molecule has 2 aromatic carbocycles. The third kappa shape index (κ3) is 3.16. The Hall–Kier alpha value is -4.28. The lowest BCUT2D eigenvalue weighted by atomic mass is 10.0. The van der Waals surface area contributed by atoms with Gasteiger partial charge >= 0.3 is 6.30 Å². The first-order valence-corrected chi connectivity index (χ1v) is 9.05. The van der Waals surface area contributed by atoms with Crippen LogP contribution in [0, 0.1) is 0 Å². The van der Waals surface area contributed by atoms with E-state index in [0.29, 0.717) is 16.5 Å². The number of halogens is 3. The minimum Gasteiger partial charge on any atom is -0.368 e. The highest BCUT2D eigenvalue weighted by molar-refractivity contribution is 6.07. The maximum absolute atomic E-state index is 14.2. The number of aromatic amines is 1. The first-order valence-electron chi connectivity index (χ1n) is 9.05. The summed E-state index contributed by atoms with van der Waals surface area (Å²) in [5.74, 6) is -0.311. The predicted octanol–water partition coefficient (Wildman–Crippen LogP) is 4.20. The molecule has 0 radical (unpaired) electrons. The topological polar surface area (TPSA) is 109 Å². The van der Waals surface area contributed by atoms with Crippen molar-refractivity contribution in [1.29, 1.82) is 0 Å². The molecule has 0 bridgehead atoms. The molecule has 0 atom stereocenters. The number of rotatable bonds is 3. The van der Waals surface area contributed by atoms with Gasteiger partial charge in [0.1, 0.15) is 12.1 Å². The average Bonchev–Trinajstić information content (AvgIpc) is 3.26. The molecule has 0 aliphatic heterocycles. The van der Waals surface area contributed by atoms with Gasteiger partial charge < -0.3 is 5.73 Å². The Bertz CT molecular complexity index is 1390. The second kappa shape index (κ2) is 6.90. The number of benzene rings is 2. The van der Waals surface area contributed by atoms with Gasteiger partial charge in [0.2, 0.25) is 5.95 Å². The van der Waals surface area contributed by atoms with Crippen LogP contribution in [-0.2, 0) is 0 Å². The number of hydrogen-bond acceptors (Lipinski definition) is 7. The summed E-state index contributed by atoms with van der Waals surface area (Å²) in [4.78, 5) is 17.0. The lowest BCUT2D eigenvalue weighted by Gasteiger charge is -2.27. The van der Waals surface area contributed by atoms with Crippen LogP contribution in [0.2, 0.25) is 0 Å². The SMILES string of the molecule is Nc1nc(-c2cccc3cncnc23)c2c(N(c3ccn[nH]3)C(F)(F)F)cccc2n1. The van der Waals surface area contributed by atoms with E-state index >= 15 is 0 Å². The number of H-pyrrole nitrogens is 1. The molecular weight excluding hydrogens is 409 g/mol. The van der Waals surface area contributed by atoms with Crippen LogP contribution >= 0.6 is 0 Å². The largest absolute Gasteiger partial charge is 0.490 e. The molecule has 8 nitrogen and oxygen atoms in total. The molecule has 11 heteroatoms. The maximum atomic E-state index is 14.2. The Labute approximate surface area is 172 Å². The van der Waals surface area contributed by atoms with Gasteiger partial charge in [-0.2, -0.15) is 5.10 Å². The minimum atomic E-state index is -4.75. The first-order chi connectivity index (χ1) is 14.9. The summed E-state index contributed by atoms with van der Waals surface area (Å²) in [6.45, 7) is 0. The van der Waals surface area contributed by atoms with Crippen LogP contribution in [0.4, 0.5) is 30.6 Å². The van der Waals surface area contributed by atoms with Crippen molar-refractivity contribution in [2.75, 3.05) is 10.6 Å². The van der Waals surface area contributed by atoms with E-state index < -0.39 is 6.30 Å². The summed E-state index contributed by atoms with van der Waals surface area (Å²) >= 11 is 0. The second-order valence-corrected chi connectivity index (χ2v) is 6.61. The number of nitrogens with one attached hydrogen (secondary N) is 1. The van der Waals surface area contributed by atoms with Crippen molar-refractivity contribution in [3.8, 4) is 11.3 Å². The van der Waals surface area contributed by atoms with Gasteiger partial charge in [0.15, 0.2) is 0 Å². The van der Waals surface area contributed by atoms with E-state index in [1.165, 1.54) is 30.7 Å². The number of fused-ring (bicyclic) bond motifs is 2. The first kappa shape index (κ1) is 18.7. The minimum absolute atomic E-state index is 0.0641. The molecule has 154 valence electrons. The van der Waals surface area contributed by atoms with Crippen LogP contribution in [0.1, 0.15) is 0 Å². The van der Waals surface area contributed by atoms with E-state index in [9.17, 15) is 13.2 Å². The summed E-state index contributed by atoms with van der Waals surface area (Å²) in [6.07, 6.45) is -0.519. The van der Waals surface area contributed by atoms with E-state index in [2.05, 4.69) is 30.1 Å². The Morgan fingerprint density at radius 2 is 1.84 bits per heavy atom. The van der Waals surface area contributed by atoms with Gasteiger partial charge in [-0.05, 0) is 12.1 Å². The van der Waals surface area contributed by atoms with Crippen LogP contribution in [0.3, 0.4) is 0 Å². The number of para-hydroxylation sites is 1. The molecule has 31 heavy (non-hydrogen) atoms. The zero-order chi connectivity index (χ0) is 21.6. The fourth-order valence-corrected chi connectivity index (χ4v) is 3.55. The summed E-state index contributed by atoms with van der Waals surface area (Å²) in [7, 11) is 0. The highest BCUT2D eigenvalue weighted by Crippen LogP contribution is 2.42. The normalized spacial score (nSPS) is 11.8. The van der Waals surface area contributed by atoms with Gasteiger partial charge in [-0.15, -0.1) is 13.2 Å². The van der Waals surface area contributed by atoms with Gasteiger partial charge in [0.05, 0.1) is 34.0 Å².